The summed E-state index contributed by atoms with van der Waals surface area (Å²) in [5.41, 5.74) is 0. The molecule has 0 N–H and O–H groups in total. The minimum absolute atomic E-state index is 0.511. The van der Waals surface area contributed by atoms with E-state index in [-0.39, 0.29) is 0 Å². The van der Waals surface area contributed by atoms with Gasteiger partial charge >= 0.3 is 0 Å². The van der Waals surface area contributed by atoms with E-state index in [2.05, 4.69) is 9.68 Å². The fraction of sp³-hybridized carbons (Fsp3) is 1.00. The van der Waals surface area contributed by atoms with E-state index in [4.69, 9.17) is 11.8 Å². The maximum absolute atomic E-state index is 5.15. The minimum atomic E-state index is 0.511. The minimum Gasteiger partial charge on any atom is -0.263 e. The summed E-state index contributed by atoms with van der Waals surface area (Å²) in [6.45, 7) is 2.33. The molecule has 0 rings (SSSR count). The van der Waals surface area contributed by atoms with Crippen molar-refractivity contribution >= 4 is 11.8 Å². The topological polar surface area (TPSA) is 21.7 Å². The Morgan fingerprint density at radius 1 is 1.71 bits per heavy atom. The Hall–Kier alpha value is 0.170. The van der Waals surface area contributed by atoms with Crippen LogP contribution in [0, 0.1) is 0 Å². The highest BCUT2D eigenvalue weighted by atomic mass is 35.5. The molecule has 0 bridgehead atoms. The molecule has 3 nitrogen and oxygen atoms in total. The van der Waals surface area contributed by atoms with E-state index in [9.17, 15) is 0 Å². The van der Waals surface area contributed by atoms with Gasteiger partial charge in [0.25, 0.3) is 0 Å². The van der Waals surface area contributed by atoms with Crippen molar-refractivity contribution < 1.29 is 9.68 Å². The van der Waals surface area contributed by atoms with Gasteiger partial charge in [-0.05, 0) is 6.92 Å². The van der Waals surface area contributed by atoms with E-state index in [0.29, 0.717) is 6.61 Å². The molecule has 0 unspecified atom stereocenters. The normalized spacial score (nSPS) is 10.3. The van der Waals surface area contributed by atoms with Gasteiger partial charge in [0.2, 0.25) is 0 Å². The molecule has 0 aliphatic heterocycles. The maximum atomic E-state index is 5.15. The zero-order valence-corrected chi connectivity index (χ0v) is 5.10. The van der Waals surface area contributed by atoms with Crippen molar-refractivity contribution in [2.24, 2.45) is 0 Å². The second kappa shape index (κ2) is 4.33. The van der Waals surface area contributed by atoms with Crippen molar-refractivity contribution in [2.75, 3.05) is 13.7 Å². The maximum Gasteiger partial charge on any atom is 0.0697 e. The fourth-order valence-corrected chi connectivity index (χ4v) is 0.252. The molecule has 0 aromatic rings. The summed E-state index contributed by atoms with van der Waals surface area (Å²) in [5.74, 6) is 0. The van der Waals surface area contributed by atoms with Crippen molar-refractivity contribution in [3.8, 4) is 0 Å². The van der Waals surface area contributed by atoms with Crippen molar-refractivity contribution in [1.82, 2.24) is 4.75 Å². The van der Waals surface area contributed by atoms with Gasteiger partial charge in [0, 0.05) is 16.5 Å². The van der Waals surface area contributed by atoms with Crippen LogP contribution >= 0.6 is 11.8 Å². The van der Waals surface area contributed by atoms with Crippen LogP contribution in [-0.2, 0) is 9.68 Å². The lowest BCUT2D eigenvalue weighted by Crippen LogP contribution is -2.09. The SMILES string of the molecule is CCON(Cl)OC. The molecule has 44 valence electrons. The molecular formula is C3H8ClNO2. The standard InChI is InChI=1S/C3H8ClNO2/c1-3-7-5(4)6-2/h3H2,1-2H3. The third kappa shape index (κ3) is 4.01. The molecule has 0 amide bonds. The Balaban J connectivity index is 2.83. The van der Waals surface area contributed by atoms with Crippen molar-refractivity contribution in [2.45, 2.75) is 6.92 Å². The summed E-state index contributed by atoms with van der Waals surface area (Å²) in [7, 11) is 1.42. The molecule has 0 spiro atoms. The number of rotatable bonds is 3. The van der Waals surface area contributed by atoms with Crippen LogP contribution < -0.4 is 0 Å². The second-order valence-corrected chi connectivity index (χ2v) is 1.09. The molecular weight excluding hydrogens is 117 g/mol. The number of hydrogen-bond acceptors (Lipinski definition) is 3. The van der Waals surface area contributed by atoms with Crippen LogP contribution in [0.15, 0.2) is 0 Å². The lowest BCUT2D eigenvalue weighted by molar-refractivity contribution is -0.285. The van der Waals surface area contributed by atoms with Gasteiger partial charge in [0.15, 0.2) is 0 Å². The van der Waals surface area contributed by atoms with Crippen molar-refractivity contribution in [1.29, 1.82) is 0 Å². The van der Waals surface area contributed by atoms with Gasteiger partial charge in [-0.2, -0.15) is 0 Å². The smallest absolute Gasteiger partial charge is 0.0697 e. The summed E-state index contributed by atoms with van der Waals surface area (Å²) in [6, 6.07) is 0. The number of halogens is 1. The molecule has 0 aliphatic rings. The Morgan fingerprint density at radius 2 is 2.29 bits per heavy atom. The molecule has 0 aromatic heterocycles. The summed E-state index contributed by atoms with van der Waals surface area (Å²) in [6.07, 6.45) is 0. The molecule has 0 aromatic carbocycles. The third-order valence-corrected chi connectivity index (χ3v) is 0.610. The van der Waals surface area contributed by atoms with E-state index in [1.54, 1.807) is 0 Å². The van der Waals surface area contributed by atoms with Crippen molar-refractivity contribution in [3.63, 3.8) is 0 Å². The lowest BCUT2D eigenvalue weighted by Gasteiger charge is -2.05. The lowest BCUT2D eigenvalue weighted by atomic mass is 10.9. The summed E-state index contributed by atoms with van der Waals surface area (Å²) in [5, 5.41) is 0. The van der Waals surface area contributed by atoms with Crippen LogP contribution in [-0.4, -0.2) is 18.5 Å². The van der Waals surface area contributed by atoms with E-state index in [1.807, 2.05) is 6.92 Å². The van der Waals surface area contributed by atoms with E-state index >= 15 is 0 Å². The fourth-order valence-electron chi connectivity index (χ4n) is 0.154. The van der Waals surface area contributed by atoms with Crippen LogP contribution in [0.25, 0.3) is 0 Å². The van der Waals surface area contributed by atoms with E-state index in [0.717, 1.165) is 4.75 Å². The Kier molecular flexibility index (Phi) is 4.44. The monoisotopic (exact) mass is 125 g/mol. The highest BCUT2D eigenvalue weighted by Gasteiger charge is 1.90. The zero-order valence-electron chi connectivity index (χ0n) is 4.35. The summed E-state index contributed by atoms with van der Waals surface area (Å²) in [4.78, 5) is 8.93. The Labute approximate surface area is 47.8 Å². The summed E-state index contributed by atoms with van der Waals surface area (Å²) >= 11 is 5.15. The molecule has 0 saturated heterocycles. The van der Waals surface area contributed by atoms with Gasteiger partial charge in [-0.1, -0.05) is 0 Å². The van der Waals surface area contributed by atoms with E-state index < -0.39 is 0 Å². The predicted octanol–water partition coefficient (Wildman–Crippen LogP) is 0.955. The first-order valence-corrected chi connectivity index (χ1v) is 2.28. The molecule has 0 atom stereocenters. The first-order chi connectivity index (χ1) is 3.31. The quantitative estimate of drug-likeness (QED) is 0.414. The van der Waals surface area contributed by atoms with Gasteiger partial charge in [0.05, 0.1) is 13.7 Å². The number of nitrogens with zero attached hydrogens (tertiary/aromatic N) is 1. The van der Waals surface area contributed by atoms with Crippen LogP contribution in [0.5, 0.6) is 0 Å². The van der Waals surface area contributed by atoms with Crippen LogP contribution in [0.1, 0.15) is 6.92 Å². The van der Waals surface area contributed by atoms with Gasteiger partial charge in [-0.15, -0.1) is 0 Å². The molecule has 0 saturated carbocycles. The molecule has 0 fully saturated rings. The average Bonchev–Trinajstić information content (AvgIpc) is 1.68. The largest absolute Gasteiger partial charge is 0.263 e. The highest BCUT2D eigenvalue weighted by Crippen LogP contribution is 1.91. The second-order valence-electron chi connectivity index (χ2n) is 0.813. The average molecular weight is 126 g/mol. The zero-order chi connectivity index (χ0) is 5.70. The van der Waals surface area contributed by atoms with Gasteiger partial charge < -0.3 is 0 Å². The highest BCUT2D eigenvalue weighted by molar-refractivity contribution is 6.11. The Morgan fingerprint density at radius 3 is 2.43 bits per heavy atom. The molecule has 0 radical (unpaired) electrons. The van der Waals surface area contributed by atoms with Crippen LogP contribution in [0.2, 0.25) is 0 Å². The molecule has 4 heteroatoms. The first kappa shape index (κ1) is 7.17. The number of hydrogen-bond donors (Lipinski definition) is 0. The Bertz CT molecular complexity index is 43.9. The first-order valence-electron chi connectivity index (χ1n) is 1.94. The summed E-state index contributed by atoms with van der Waals surface area (Å²) < 4.78 is 0.778. The van der Waals surface area contributed by atoms with E-state index in [1.165, 1.54) is 7.11 Å². The van der Waals surface area contributed by atoms with Crippen LogP contribution in [0.4, 0.5) is 0 Å². The molecule has 7 heavy (non-hydrogen) atoms. The van der Waals surface area contributed by atoms with Crippen molar-refractivity contribution in [3.05, 3.63) is 0 Å². The predicted molar refractivity (Wildman–Crippen MR) is 26.3 cm³/mol. The molecule has 0 heterocycles. The van der Waals surface area contributed by atoms with Gasteiger partial charge in [-0.25, -0.2) is 0 Å². The van der Waals surface area contributed by atoms with Gasteiger partial charge in [0.1, 0.15) is 0 Å². The van der Waals surface area contributed by atoms with Crippen LogP contribution in [0.3, 0.4) is 0 Å². The van der Waals surface area contributed by atoms with Gasteiger partial charge in [-0.3, -0.25) is 9.68 Å². The molecule has 0 aliphatic carbocycles. The third-order valence-electron chi connectivity index (χ3n) is 0.374.